The lowest BCUT2D eigenvalue weighted by atomic mass is 10.1. The maximum atomic E-state index is 13.2. The van der Waals surface area contributed by atoms with Gasteiger partial charge in [0.15, 0.2) is 0 Å². The second kappa shape index (κ2) is 6.11. The van der Waals surface area contributed by atoms with E-state index in [9.17, 15) is 14.4 Å². The lowest BCUT2D eigenvalue weighted by Gasteiger charge is -2.24. The fourth-order valence-electron chi connectivity index (χ4n) is 3.50. The molecule has 1 atom stereocenters. The number of rotatable bonds is 1. The summed E-state index contributed by atoms with van der Waals surface area (Å²) in [6, 6.07) is 13.2. The smallest absolute Gasteiger partial charge is 0.266 e. The number of fused-ring (bicyclic) bond motifs is 2. The van der Waals surface area contributed by atoms with E-state index in [0.29, 0.717) is 34.3 Å². The van der Waals surface area contributed by atoms with Crippen molar-refractivity contribution in [2.75, 3.05) is 11.4 Å². The summed E-state index contributed by atoms with van der Waals surface area (Å²) in [5, 5.41) is 0. The molecule has 0 aromatic heterocycles. The van der Waals surface area contributed by atoms with Gasteiger partial charge in [-0.05, 0) is 53.0 Å². The summed E-state index contributed by atoms with van der Waals surface area (Å²) in [6.45, 7) is 0.542. The van der Waals surface area contributed by atoms with Crippen molar-refractivity contribution in [3.05, 3.63) is 64.1 Å². The maximum absolute atomic E-state index is 13.2. The first-order valence-electron chi connectivity index (χ1n) is 8.12. The molecule has 2 aromatic rings. The molecule has 2 heterocycles. The van der Waals surface area contributed by atoms with Gasteiger partial charge < -0.3 is 4.90 Å². The van der Waals surface area contributed by atoms with Crippen LogP contribution in [0.25, 0.3) is 0 Å². The highest BCUT2D eigenvalue weighted by Gasteiger charge is 2.44. The van der Waals surface area contributed by atoms with E-state index in [1.807, 2.05) is 0 Å². The van der Waals surface area contributed by atoms with Crippen molar-refractivity contribution < 1.29 is 14.4 Å². The number of hydrogen-bond donors (Lipinski definition) is 0. The molecular formula is C19H15BrN2O3. The minimum atomic E-state index is -0.577. The van der Waals surface area contributed by atoms with Crippen LogP contribution in [0.2, 0.25) is 0 Å². The molecule has 0 aliphatic carbocycles. The Kier molecular flexibility index (Phi) is 3.92. The summed E-state index contributed by atoms with van der Waals surface area (Å²) in [6.07, 6.45) is 1.35. The van der Waals surface area contributed by atoms with Gasteiger partial charge in [0.1, 0.15) is 6.04 Å². The van der Waals surface area contributed by atoms with Crippen LogP contribution in [0.3, 0.4) is 0 Å². The molecule has 3 amide bonds. The molecule has 2 aliphatic heterocycles. The first-order valence-corrected chi connectivity index (χ1v) is 8.91. The summed E-state index contributed by atoms with van der Waals surface area (Å²) in [5.74, 6) is -0.947. The topological polar surface area (TPSA) is 57.7 Å². The van der Waals surface area contributed by atoms with Gasteiger partial charge in [0.2, 0.25) is 0 Å². The van der Waals surface area contributed by atoms with Crippen molar-refractivity contribution in [3.63, 3.8) is 0 Å². The number of carbonyl (C=O) groups is 3. The molecule has 0 spiro atoms. The fraction of sp³-hybridized carbons (Fsp3) is 0.211. The molecule has 1 unspecified atom stereocenters. The Morgan fingerprint density at radius 2 is 1.76 bits per heavy atom. The molecule has 1 saturated heterocycles. The summed E-state index contributed by atoms with van der Waals surface area (Å²) in [4.78, 5) is 42.0. The van der Waals surface area contributed by atoms with Gasteiger partial charge in [-0.2, -0.15) is 0 Å². The van der Waals surface area contributed by atoms with Crippen LogP contribution in [-0.4, -0.2) is 35.2 Å². The Morgan fingerprint density at radius 3 is 2.56 bits per heavy atom. The zero-order chi connectivity index (χ0) is 17.6. The van der Waals surface area contributed by atoms with Gasteiger partial charge in [-0.3, -0.25) is 14.4 Å². The van der Waals surface area contributed by atoms with E-state index in [2.05, 4.69) is 15.9 Å². The molecule has 0 bridgehead atoms. The zero-order valence-corrected chi connectivity index (χ0v) is 14.9. The first kappa shape index (κ1) is 16.0. The summed E-state index contributed by atoms with van der Waals surface area (Å²) < 4.78 is 0.615. The molecule has 25 heavy (non-hydrogen) atoms. The van der Waals surface area contributed by atoms with Crippen LogP contribution in [0.1, 0.15) is 33.6 Å². The Balaban J connectivity index is 1.89. The maximum Gasteiger partial charge on any atom is 0.266 e. The molecule has 1 fully saturated rings. The van der Waals surface area contributed by atoms with Crippen molar-refractivity contribution in [2.24, 2.45) is 0 Å². The normalized spacial score (nSPS) is 19.5. The van der Waals surface area contributed by atoms with Gasteiger partial charge >= 0.3 is 0 Å². The van der Waals surface area contributed by atoms with Crippen LogP contribution in [0, 0.1) is 0 Å². The Hall–Kier alpha value is -2.47. The van der Waals surface area contributed by atoms with Crippen LogP contribution >= 0.6 is 15.9 Å². The number of hydrogen-bond acceptors (Lipinski definition) is 3. The molecule has 2 aromatic carbocycles. The predicted octanol–water partition coefficient (Wildman–Crippen LogP) is 3.24. The van der Waals surface area contributed by atoms with Gasteiger partial charge in [-0.15, -0.1) is 0 Å². The molecule has 4 rings (SSSR count). The Labute approximate surface area is 153 Å². The molecule has 6 heteroatoms. The number of benzene rings is 2. The van der Waals surface area contributed by atoms with E-state index in [-0.39, 0.29) is 11.8 Å². The third kappa shape index (κ3) is 2.48. The molecular weight excluding hydrogens is 384 g/mol. The minimum absolute atomic E-state index is 0.186. The van der Waals surface area contributed by atoms with Crippen LogP contribution in [-0.2, 0) is 4.79 Å². The quantitative estimate of drug-likeness (QED) is 0.692. The van der Waals surface area contributed by atoms with Crippen LogP contribution in [0.4, 0.5) is 5.69 Å². The highest BCUT2D eigenvalue weighted by molar-refractivity contribution is 9.10. The Bertz CT molecular complexity index is 896. The lowest BCUT2D eigenvalue weighted by Crippen LogP contribution is -2.47. The highest BCUT2D eigenvalue weighted by Crippen LogP contribution is 2.34. The molecule has 126 valence electrons. The van der Waals surface area contributed by atoms with Crippen molar-refractivity contribution in [1.82, 2.24) is 4.90 Å². The second-order valence-electron chi connectivity index (χ2n) is 6.13. The summed E-state index contributed by atoms with van der Waals surface area (Å²) in [7, 11) is 0. The van der Waals surface area contributed by atoms with Crippen LogP contribution < -0.4 is 4.90 Å². The summed E-state index contributed by atoms with van der Waals surface area (Å²) in [5.41, 5.74) is 1.14. The van der Waals surface area contributed by atoms with Gasteiger partial charge in [0, 0.05) is 11.0 Å². The lowest BCUT2D eigenvalue weighted by molar-refractivity contribution is -0.121. The van der Waals surface area contributed by atoms with E-state index >= 15 is 0 Å². The number of amides is 3. The monoisotopic (exact) mass is 398 g/mol. The third-order valence-corrected chi connectivity index (χ3v) is 5.39. The van der Waals surface area contributed by atoms with E-state index in [0.717, 1.165) is 6.42 Å². The molecule has 0 N–H and O–H groups in total. The number of halogens is 1. The number of nitrogens with zero attached hydrogens (tertiary/aromatic N) is 2. The van der Waals surface area contributed by atoms with Crippen LogP contribution in [0.5, 0.6) is 0 Å². The van der Waals surface area contributed by atoms with E-state index in [1.165, 1.54) is 4.90 Å². The van der Waals surface area contributed by atoms with Crippen LogP contribution in [0.15, 0.2) is 53.0 Å². The van der Waals surface area contributed by atoms with Gasteiger partial charge in [0.25, 0.3) is 17.7 Å². The number of carbonyl (C=O) groups excluding carboxylic acids is 3. The third-order valence-electron chi connectivity index (χ3n) is 4.70. The highest BCUT2D eigenvalue weighted by atomic mass is 79.9. The van der Waals surface area contributed by atoms with Crippen molar-refractivity contribution in [2.45, 2.75) is 18.9 Å². The Morgan fingerprint density at radius 1 is 1.04 bits per heavy atom. The molecule has 2 aliphatic rings. The number of imide groups is 1. The van der Waals surface area contributed by atoms with E-state index in [4.69, 9.17) is 0 Å². The molecule has 0 saturated carbocycles. The fourth-order valence-corrected chi connectivity index (χ4v) is 3.96. The van der Waals surface area contributed by atoms with Crippen molar-refractivity contribution >= 4 is 39.3 Å². The first-order chi connectivity index (χ1) is 12.1. The molecule has 0 radical (unpaired) electrons. The standard InChI is InChI=1S/C19H15BrN2O3/c20-14-8-3-1-6-12(14)18(24)22-15-9-4-2-7-13(15)17(23)21-11-5-10-16(21)19(22)25/h1-4,6-9,16H,5,10-11H2. The zero-order valence-electron chi connectivity index (χ0n) is 13.3. The summed E-state index contributed by atoms with van der Waals surface area (Å²) >= 11 is 3.38. The van der Waals surface area contributed by atoms with Gasteiger partial charge in [-0.25, -0.2) is 4.90 Å². The second-order valence-corrected chi connectivity index (χ2v) is 6.99. The molecule has 5 nitrogen and oxygen atoms in total. The van der Waals surface area contributed by atoms with Gasteiger partial charge in [-0.1, -0.05) is 24.3 Å². The largest absolute Gasteiger partial charge is 0.327 e. The van der Waals surface area contributed by atoms with E-state index in [1.54, 1.807) is 53.4 Å². The number of para-hydroxylation sites is 1. The SMILES string of the molecule is O=C(c1ccccc1Br)N1C(=O)C2CCCN2C(=O)c2ccccc21. The predicted molar refractivity (Wildman–Crippen MR) is 96.5 cm³/mol. The van der Waals surface area contributed by atoms with Crippen molar-refractivity contribution in [3.8, 4) is 0 Å². The average molecular weight is 399 g/mol. The van der Waals surface area contributed by atoms with E-state index < -0.39 is 11.9 Å². The number of anilines is 1. The minimum Gasteiger partial charge on any atom is -0.327 e. The average Bonchev–Trinajstić information content (AvgIpc) is 3.09. The van der Waals surface area contributed by atoms with Gasteiger partial charge in [0.05, 0.1) is 16.8 Å². The van der Waals surface area contributed by atoms with Crippen molar-refractivity contribution in [1.29, 1.82) is 0 Å².